The highest BCUT2D eigenvalue weighted by atomic mass is 31.2. The number of aliphatic hydroxyl groups is 1. The Bertz CT molecular complexity index is 1640. The number of rotatable bonds is 11. The van der Waals surface area contributed by atoms with Crippen LogP contribution in [0.2, 0.25) is 0 Å². The summed E-state index contributed by atoms with van der Waals surface area (Å²) < 4.78 is 52.4. The molecule has 1 fully saturated rings. The zero-order valence-electron chi connectivity index (χ0n) is 22.0. The molecule has 16 heteroatoms. The maximum absolute atomic E-state index is 15.6. The molecule has 1 saturated heterocycles. The maximum atomic E-state index is 15.6. The van der Waals surface area contributed by atoms with Crippen LogP contribution in [0.25, 0.3) is 21.2 Å². The molecule has 0 bridgehead atoms. The van der Waals surface area contributed by atoms with E-state index in [-0.39, 0.29) is 12.4 Å². The first-order valence-electron chi connectivity index (χ1n) is 12.5. The lowest BCUT2D eigenvalue weighted by molar-refractivity contribution is -0.146. The number of fused-ring (bicyclic) bond motifs is 1. The normalized spacial score (nSPS) is 24.2. The summed E-state index contributed by atoms with van der Waals surface area (Å²) in [5, 5.41) is 15.3. The van der Waals surface area contributed by atoms with Crippen molar-refractivity contribution in [2.24, 2.45) is 11.0 Å². The van der Waals surface area contributed by atoms with Crippen LogP contribution in [0.5, 0.6) is 5.75 Å². The van der Waals surface area contributed by atoms with Gasteiger partial charge in [0.2, 0.25) is 5.72 Å². The Balaban J connectivity index is 1.68. The quantitative estimate of drug-likeness (QED) is 0.110. The van der Waals surface area contributed by atoms with E-state index in [9.17, 15) is 29.6 Å². The fourth-order valence-corrected chi connectivity index (χ4v) is 6.22. The Labute approximate surface area is 231 Å². The van der Waals surface area contributed by atoms with Gasteiger partial charge in [-0.1, -0.05) is 48.4 Å². The van der Waals surface area contributed by atoms with E-state index in [1.165, 1.54) is 13.0 Å². The van der Waals surface area contributed by atoms with E-state index in [4.69, 9.17) is 18.5 Å². The van der Waals surface area contributed by atoms with Gasteiger partial charge in [0.25, 0.3) is 5.56 Å². The minimum absolute atomic E-state index is 0.0687. The van der Waals surface area contributed by atoms with E-state index in [1.54, 1.807) is 43.3 Å². The van der Waals surface area contributed by atoms with Gasteiger partial charge in [-0.05, 0) is 23.9 Å². The molecule has 3 aromatic rings. The van der Waals surface area contributed by atoms with Crippen LogP contribution in [-0.4, -0.2) is 58.0 Å². The van der Waals surface area contributed by atoms with Gasteiger partial charge in [0, 0.05) is 22.6 Å². The molecule has 4 rings (SSSR count). The number of aromatic nitrogens is 2. The SMILES string of the molecule is CCOC(=O)[C@H](C)CP(=O)(OC[C@@]1(N=[N+]=[N-])O[C@@H](n2ccc(=O)[nH]c2=O)[C@H](O)[C@@H]1F)Oc1cccc2ccccc12. The van der Waals surface area contributed by atoms with Crippen LogP contribution in [-0.2, 0) is 23.4 Å². The van der Waals surface area contributed by atoms with E-state index in [0.29, 0.717) is 9.95 Å². The van der Waals surface area contributed by atoms with Crippen LogP contribution in [0, 0.1) is 5.92 Å². The van der Waals surface area contributed by atoms with E-state index in [2.05, 4.69) is 10.0 Å². The molecule has 0 amide bonds. The van der Waals surface area contributed by atoms with Crippen molar-refractivity contribution in [3.05, 3.63) is 86.0 Å². The zero-order valence-corrected chi connectivity index (χ0v) is 22.8. The number of carbonyl (C=O) groups excluding carboxylic acids is 1. The molecule has 218 valence electrons. The van der Waals surface area contributed by atoms with Crippen LogP contribution in [0.1, 0.15) is 20.1 Å². The molecule has 2 N–H and O–H groups in total. The minimum atomic E-state index is -4.38. The number of benzene rings is 2. The second-order valence-electron chi connectivity index (χ2n) is 9.24. The van der Waals surface area contributed by atoms with Crippen LogP contribution >= 0.6 is 7.60 Å². The maximum Gasteiger partial charge on any atom is 0.380 e. The fraction of sp³-hybridized carbons (Fsp3) is 0.400. The molecule has 0 saturated carbocycles. The van der Waals surface area contributed by atoms with Crippen molar-refractivity contribution in [1.29, 1.82) is 0 Å². The highest BCUT2D eigenvalue weighted by molar-refractivity contribution is 7.54. The molecule has 1 aromatic heterocycles. The number of nitrogens with zero attached hydrogens (tertiary/aromatic N) is 4. The Morgan fingerprint density at radius 1 is 1.29 bits per heavy atom. The van der Waals surface area contributed by atoms with E-state index >= 15 is 4.39 Å². The van der Waals surface area contributed by atoms with Crippen LogP contribution in [0.3, 0.4) is 0 Å². The van der Waals surface area contributed by atoms with Crippen molar-refractivity contribution in [2.45, 2.75) is 38.1 Å². The number of carbonyl (C=O) groups is 1. The van der Waals surface area contributed by atoms with Gasteiger partial charge in [-0.25, -0.2) is 13.8 Å². The third-order valence-corrected chi connectivity index (χ3v) is 8.32. The average Bonchev–Trinajstić information content (AvgIpc) is 3.18. The number of azide groups is 1. The molecule has 0 aliphatic carbocycles. The number of halogens is 1. The van der Waals surface area contributed by atoms with Crippen molar-refractivity contribution >= 4 is 24.3 Å². The third-order valence-electron chi connectivity index (χ3n) is 6.33. The smallest absolute Gasteiger partial charge is 0.380 e. The second-order valence-corrected chi connectivity index (χ2v) is 11.3. The van der Waals surface area contributed by atoms with Crippen molar-refractivity contribution in [2.75, 3.05) is 19.4 Å². The number of nitrogens with one attached hydrogen (secondary N) is 1. The van der Waals surface area contributed by atoms with Gasteiger partial charge in [0.15, 0.2) is 12.4 Å². The highest BCUT2D eigenvalue weighted by Crippen LogP contribution is 2.53. The molecule has 1 aliphatic heterocycles. The molecule has 2 heterocycles. The average molecular weight is 591 g/mol. The van der Waals surface area contributed by atoms with Gasteiger partial charge in [-0.3, -0.25) is 23.7 Å². The molecular weight excluding hydrogens is 564 g/mol. The molecule has 1 unspecified atom stereocenters. The molecule has 0 spiro atoms. The van der Waals surface area contributed by atoms with Gasteiger partial charge in [-0.2, -0.15) is 0 Å². The first-order valence-corrected chi connectivity index (χ1v) is 14.2. The lowest BCUT2D eigenvalue weighted by atomic mass is 10.1. The van der Waals surface area contributed by atoms with Crippen molar-refractivity contribution < 1.29 is 37.4 Å². The number of hydrogen-bond donors (Lipinski definition) is 2. The van der Waals surface area contributed by atoms with Crippen LogP contribution < -0.4 is 15.8 Å². The van der Waals surface area contributed by atoms with E-state index in [0.717, 1.165) is 17.6 Å². The predicted octanol–water partition coefficient (Wildman–Crippen LogP) is 3.41. The molecular formula is C25H27FN5O9P. The minimum Gasteiger partial charge on any atom is -0.466 e. The summed E-state index contributed by atoms with van der Waals surface area (Å²) in [6.07, 6.45) is -5.84. The number of hydrogen-bond acceptors (Lipinski definition) is 10. The molecule has 41 heavy (non-hydrogen) atoms. The van der Waals surface area contributed by atoms with Gasteiger partial charge in [0.1, 0.15) is 11.9 Å². The second kappa shape index (κ2) is 12.2. The van der Waals surface area contributed by atoms with Gasteiger partial charge >= 0.3 is 19.3 Å². The standard InChI is InChI=1S/C25H27FN5O9P/c1-3-37-23(34)15(2)13-41(36,40-18-10-6-8-16-7-4-5-9-17(16)18)38-14-25(29-30-27)21(26)20(33)22(39-25)31-12-11-19(32)28-24(31)35/h4-12,15,20-22,33H,3,13-14H2,1-2H3,(H,28,32,35)/t15-,20-,21+,22-,25-,41?/m1/s1. The summed E-state index contributed by atoms with van der Waals surface area (Å²) in [6, 6.07) is 13.0. The van der Waals surface area contributed by atoms with Crippen molar-refractivity contribution in [3.8, 4) is 5.75 Å². The monoisotopic (exact) mass is 591 g/mol. The molecule has 1 aliphatic rings. The fourth-order valence-electron chi connectivity index (χ4n) is 4.33. The number of H-pyrrole nitrogens is 1. The number of ether oxygens (including phenoxy) is 2. The largest absolute Gasteiger partial charge is 0.466 e. The number of aromatic amines is 1. The Morgan fingerprint density at radius 3 is 2.73 bits per heavy atom. The summed E-state index contributed by atoms with van der Waals surface area (Å²) in [4.78, 5) is 40.6. The lowest BCUT2D eigenvalue weighted by Crippen LogP contribution is -2.42. The van der Waals surface area contributed by atoms with Gasteiger partial charge in [-0.15, -0.1) is 0 Å². The zero-order chi connectivity index (χ0) is 29.8. The summed E-state index contributed by atoms with van der Waals surface area (Å²) >= 11 is 0. The number of aliphatic hydroxyl groups excluding tert-OH is 1. The molecule has 6 atom stereocenters. The Morgan fingerprint density at radius 2 is 2.02 bits per heavy atom. The topological polar surface area (TPSA) is 195 Å². The predicted molar refractivity (Wildman–Crippen MR) is 143 cm³/mol. The third kappa shape index (κ3) is 6.34. The molecule has 0 radical (unpaired) electrons. The first-order chi connectivity index (χ1) is 19.5. The molecule has 2 aromatic carbocycles. The highest BCUT2D eigenvalue weighted by Gasteiger charge is 2.57. The number of esters is 1. The Hall–Kier alpha value is -4.00. The van der Waals surface area contributed by atoms with Crippen molar-refractivity contribution in [1.82, 2.24) is 9.55 Å². The lowest BCUT2D eigenvalue weighted by Gasteiger charge is -2.29. The summed E-state index contributed by atoms with van der Waals surface area (Å²) in [5.74, 6) is -1.53. The first kappa shape index (κ1) is 30.0. The van der Waals surface area contributed by atoms with E-state index in [1.807, 2.05) is 4.98 Å². The molecule has 14 nitrogen and oxygen atoms in total. The van der Waals surface area contributed by atoms with E-state index < -0.39 is 67.7 Å². The van der Waals surface area contributed by atoms with Crippen LogP contribution in [0.15, 0.2) is 69.4 Å². The van der Waals surface area contributed by atoms with Gasteiger partial charge < -0.3 is 19.1 Å². The summed E-state index contributed by atoms with van der Waals surface area (Å²) in [5.41, 5.74) is 4.81. The summed E-state index contributed by atoms with van der Waals surface area (Å²) in [7, 11) is -4.38. The van der Waals surface area contributed by atoms with Gasteiger partial charge in [0.05, 0.1) is 25.3 Å². The summed E-state index contributed by atoms with van der Waals surface area (Å²) in [6.45, 7) is 2.07. The van der Waals surface area contributed by atoms with Crippen LogP contribution in [0.4, 0.5) is 4.39 Å². The Kier molecular flexibility index (Phi) is 8.95. The number of alkyl halides is 1. The van der Waals surface area contributed by atoms with Crippen molar-refractivity contribution in [3.63, 3.8) is 0 Å².